The van der Waals surface area contributed by atoms with Gasteiger partial charge < -0.3 is 4.74 Å². The largest absolute Gasteiger partial charge is 0.378 e. The van der Waals surface area contributed by atoms with Crippen LogP contribution in [0.2, 0.25) is 0 Å². The lowest BCUT2D eigenvalue weighted by molar-refractivity contribution is -0.00187. The molecule has 1 aliphatic heterocycles. The Hall–Kier alpha value is -1.03. The molecule has 2 unspecified atom stereocenters. The second kappa shape index (κ2) is 11.5. The molecule has 3 rings (SSSR count). The van der Waals surface area contributed by atoms with Gasteiger partial charge in [-0.25, -0.2) is 13.2 Å². The van der Waals surface area contributed by atoms with Gasteiger partial charge in [-0.3, -0.25) is 0 Å². The zero-order chi connectivity index (χ0) is 21.5. The molecule has 0 radical (unpaired) electrons. The molecule has 2 fully saturated rings. The summed E-state index contributed by atoms with van der Waals surface area (Å²) in [7, 11) is 0. The highest BCUT2D eigenvalue weighted by molar-refractivity contribution is 5.39. The molecule has 170 valence electrons. The van der Waals surface area contributed by atoms with E-state index in [2.05, 4.69) is 13.8 Å². The fourth-order valence-electron chi connectivity index (χ4n) is 5.56. The maximum Gasteiger partial charge on any atom is 0.266 e. The Labute approximate surface area is 180 Å². The summed E-state index contributed by atoms with van der Waals surface area (Å²) < 4.78 is 49.1. The Kier molecular flexibility index (Phi) is 9.10. The summed E-state index contributed by atoms with van der Waals surface area (Å²) in [6, 6.07) is 3.58. The first-order valence-electron chi connectivity index (χ1n) is 12.3. The molecule has 1 saturated heterocycles. The van der Waals surface area contributed by atoms with Crippen LogP contribution in [0, 0.1) is 11.7 Å². The zero-order valence-electron chi connectivity index (χ0n) is 18.8. The van der Waals surface area contributed by atoms with Gasteiger partial charge in [0, 0.05) is 5.92 Å². The van der Waals surface area contributed by atoms with Crippen LogP contribution in [0.4, 0.5) is 13.2 Å². The highest BCUT2D eigenvalue weighted by Gasteiger charge is 2.32. The molecule has 0 spiro atoms. The summed E-state index contributed by atoms with van der Waals surface area (Å²) in [6.45, 7) is 4.78. The van der Waals surface area contributed by atoms with Gasteiger partial charge in [0.25, 0.3) is 6.43 Å². The van der Waals surface area contributed by atoms with Crippen LogP contribution in [0.1, 0.15) is 126 Å². The van der Waals surface area contributed by atoms with Crippen molar-refractivity contribution < 1.29 is 17.9 Å². The third-order valence-corrected chi connectivity index (χ3v) is 7.38. The van der Waals surface area contributed by atoms with Crippen LogP contribution in [0.3, 0.4) is 0 Å². The highest BCUT2D eigenvalue weighted by atomic mass is 19.3. The van der Waals surface area contributed by atoms with Crippen molar-refractivity contribution in [2.24, 2.45) is 5.92 Å². The molecule has 1 aromatic rings. The molecule has 1 aliphatic carbocycles. The zero-order valence-corrected chi connectivity index (χ0v) is 18.8. The van der Waals surface area contributed by atoms with E-state index in [1.54, 1.807) is 12.1 Å². The predicted octanol–water partition coefficient (Wildman–Crippen LogP) is 8.68. The van der Waals surface area contributed by atoms with Gasteiger partial charge in [0.05, 0.1) is 18.3 Å². The molecule has 1 nitrogen and oxygen atoms in total. The van der Waals surface area contributed by atoms with Gasteiger partial charge in [-0.2, -0.15) is 0 Å². The molecule has 4 heteroatoms. The van der Waals surface area contributed by atoms with E-state index >= 15 is 4.39 Å². The molecule has 0 aromatic heterocycles. The van der Waals surface area contributed by atoms with Crippen molar-refractivity contribution in [2.75, 3.05) is 6.61 Å². The van der Waals surface area contributed by atoms with Crippen LogP contribution in [-0.2, 0) is 4.74 Å². The Balaban J connectivity index is 1.69. The van der Waals surface area contributed by atoms with Crippen molar-refractivity contribution in [3.63, 3.8) is 0 Å². The molecular formula is C26H39F3O. The van der Waals surface area contributed by atoms with E-state index in [1.165, 1.54) is 25.7 Å². The summed E-state index contributed by atoms with van der Waals surface area (Å²) in [5.41, 5.74) is 0.647. The summed E-state index contributed by atoms with van der Waals surface area (Å²) in [4.78, 5) is 0. The maximum atomic E-state index is 15.3. The number of hydrogen-bond acceptors (Lipinski definition) is 1. The average Bonchev–Trinajstić information content (AvgIpc) is 2.75. The molecule has 2 aliphatic rings. The van der Waals surface area contributed by atoms with E-state index in [0.717, 1.165) is 51.4 Å². The smallest absolute Gasteiger partial charge is 0.266 e. The third kappa shape index (κ3) is 5.81. The van der Waals surface area contributed by atoms with E-state index < -0.39 is 12.2 Å². The first-order chi connectivity index (χ1) is 14.5. The van der Waals surface area contributed by atoms with Crippen LogP contribution >= 0.6 is 0 Å². The van der Waals surface area contributed by atoms with Crippen LogP contribution < -0.4 is 0 Å². The van der Waals surface area contributed by atoms with E-state index in [-0.39, 0.29) is 23.5 Å². The lowest BCUT2D eigenvalue weighted by Crippen LogP contribution is -2.25. The quantitative estimate of drug-likeness (QED) is 0.360. The molecule has 1 aromatic carbocycles. The first kappa shape index (κ1) is 23.6. The number of benzene rings is 1. The molecule has 0 N–H and O–H groups in total. The van der Waals surface area contributed by atoms with Crippen molar-refractivity contribution in [1.82, 2.24) is 0 Å². The normalized spacial score (nSPS) is 27.5. The van der Waals surface area contributed by atoms with Crippen LogP contribution in [0.15, 0.2) is 12.1 Å². The SMILES string of the molecule is CCCCCC1CCC(c2ccc(C3CCC(CCC)OC3)c(F)c2C(F)F)CC1. The molecule has 2 atom stereocenters. The lowest BCUT2D eigenvalue weighted by atomic mass is 9.75. The number of ether oxygens (including phenoxy) is 1. The number of halogens is 3. The molecule has 1 saturated carbocycles. The maximum absolute atomic E-state index is 15.3. The predicted molar refractivity (Wildman–Crippen MR) is 117 cm³/mol. The number of rotatable bonds is 9. The second-order valence-electron chi connectivity index (χ2n) is 9.50. The molecule has 1 heterocycles. The second-order valence-corrected chi connectivity index (χ2v) is 9.50. The minimum Gasteiger partial charge on any atom is -0.378 e. The Morgan fingerprint density at radius 3 is 2.17 bits per heavy atom. The number of hydrogen-bond donors (Lipinski definition) is 0. The van der Waals surface area contributed by atoms with Gasteiger partial charge in [-0.15, -0.1) is 0 Å². The minimum atomic E-state index is -2.76. The van der Waals surface area contributed by atoms with Crippen molar-refractivity contribution >= 4 is 0 Å². The average molecular weight is 425 g/mol. The van der Waals surface area contributed by atoms with Crippen LogP contribution in [0.25, 0.3) is 0 Å². The van der Waals surface area contributed by atoms with Gasteiger partial charge >= 0.3 is 0 Å². The first-order valence-corrected chi connectivity index (χ1v) is 12.3. The van der Waals surface area contributed by atoms with Gasteiger partial charge in [-0.1, -0.05) is 58.1 Å². The van der Waals surface area contributed by atoms with Crippen molar-refractivity contribution in [1.29, 1.82) is 0 Å². The summed E-state index contributed by atoms with van der Waals surface area (Å²) in [5, 5.41) is 0. The minimum absolute atomic E-state index is 0.0662. The van der Waals surface area contributed by atoms with E-state index in [9.17, 15) is 8.78 Å². The Morgan fingerprint density at radius 1 is 0.867 bits per heavy atom. The van der Waals surface area contributed by atoms with Crippen molar-refractivity contribution in [3.8, 4) is 0 Å². The third-order valence-electron chi connectivity index (χ3n) is 7.38. The number of alkyl halides is 2. The number of unbranched alkanes of at least 4 members (excludes halogenated alkanes) is 2. The Morgan fingerprint density at radius 2 is 1.57 bits per heavy atom. The standard InChI is InChI=1S/C26H39F3O/c1-3-5-6-8-18-9-11-19(12-10-18)22-15-16-23(25(27)24(22)26(28)29)20-13-14-21(7-4-2)30-17-20/h15-16,18-21,26H,3-14,17H2,1-2H3. The van der Waals surface area contributed by atoms with Gasteiger partial charge in [-0.05, 0) is 67.9 Å². The molecule has 30 heavy (non-hydrogen) atoms. The monoisotopic (exact) mass is 424 g/mol. The summed E-state index contributed by atoms with van der Waals surface area (Å²) >= 11 is 0. The fraction of sp³-hybridized carbons (Fsp3) is 0.769. The molecule has 0 amide bonds. The summed E-state index contributed by atoms with van der Waals surface area (Å²) in [6.07, 6.45) is 10.2. The Bertz CT molecular complexity index is 644. The van der Waals surface area contributed by atoms with Gasteiger partial charge in [0.1, 0.15) is 5.82 Å². The van der Waals surface area contributed by atoms with E-state index in [4.69, 9.17) is 4.74 Å². The van der Waals surface area contributed by atoms with Gasteiger partial charge in [0.15, 0.2) is 0 Å². The fourth-order valence-corrected chi connectivity index (χ4v) is 5.56. The van der Waals surface area contributed by atoms with Crippen molar-refractivity contribution in [2.45, 2.75) is 115 Å². The highest BCUT2D eigenvalue weighted by Crippen LogP contribution is 2.43. The molecule has 0 bridgehead atoms. The van der Waals surface area contributed by atoms with Gasteiger partial charge in [0.2, 0.25) is 0 Å². The molecular weight excluding hydrogens is 385 g/mol. The van der Waals surface area contributed by atoms with E-state index in [1.807, 2.05) is 0 Å². The summed E-state index contributed by atoms with van der Waals surface area (Å²) in [5.74, 6) is -0.00652. The van der Waals surface area contributed by atoms with Crippen LogP contribution in [-0.4, -0.2) is 12.7 Å². The van der Waals surface area contributed by atoms with E-state index in [0.29, 0.717) is 23.7 Å². The van der Waals surface area contributed by atoms with Crippen LogP contribution in [0.5, 0.6) is 0 Å². The van der Waals surface area contributed by atoms with Crippen molar-refractivity contribution in [3.05, 3.63) is 34.6 Å². The lowest BCUT2D eigenvalue weighted by Gasteiger charge is -2.32. The topological polar surface area (TPSA) is 9.23 Å².